The summed E-state index contributed by atoms with van der Waals surface area (Å²) in [5, 5.41) is 32.0. The molecule has 1 aliphatic carbocycles. The highest BCUT2D eigenvalue weighted by atomic mass is 79.9. The van der Waals surface area contributed by atoms with E-state index in [2.05, 4.69) is 33.4 Å². The molecule has 1 aliphatic heterocycles. The number of rotatable bonds is 1. The van der Waals surface area contributed by atoms with Crippen molar-refractivity contribution in [2.45, 2.75) is 38.3 Å². The van der Waals surface area contributed by atoms with E-state index in [0.29, 0.717) is 17.4 Å². The quantitative estimate of drug-likeness (QED) is 0.744. The molecule has 104 valence electrons. The molecule has 0 aromatic heterocycles. The van der Waals surface area contributed by atoms with E-state index in [4.69, 9.17) is 4.74 Å². The fraction of sp³-hybridized carbons (Fsp3) is 0.643. The first kappa shape index (κ1) is 14.9. The van der Waals surface area contributed by atoms with Crippen LogP contribution in [0, 0.1) is 44.8 Å². The molecule has 1 saturated carbocycles. The van der Waals surface area contributed by atoms with Crippen LogP contribution in [0.2, 0.25) is 0 Å². The van der Waals surface area contributed by atoms with Crippen molar-refractivity contribution < 1.29 is 4.74 Å². The Morgan fingerprint density at radius 3 is 2.30 bits per heavy atom. The number of nitrogens with one attached hydrogen (secondary N) is 1. The van der Waals surface area contributed by atoms with Gasteiger partial charge in [-0.3, -0.25) is 0 Å². The Labute approximate surface area is 126 Å². The van der Waals surface area contributed by atoms with Crippen LogP contribution in [-0.2, 0) is 4.74 Å². The zero-order chi connectivity index (χ0) is 15.0. The summed E-state index contributed by atoms with van der Waals surface area (Å²) in [5.41, 5.74) is -2.96. The maximum Gasteiger partial charge on any atom is 0.190 e. The zero-order valence-electron chi connectivity index (χ0n) is 11.5. The fourth-order valence-corrected chi connectivity index (χ4v) is 4.30. The number of fused-ring (bicyclic) bond motifs is 1. The van der Waals surface area contributed by atoms with Crippen LogP contribution in [-0.4, -0.2) is 12.8 Å². The molecule has 0 aromatic carbocycles. The van der Waals surface area contributed by atoms with Crippen molar-refractivity contribution in [1.29, 1.82) is 15.8 Å². The molecule has 0 spiro atoms. The molecule has 20 heavy (non-hydrogen) atoms. The van der Waals surface area contributed by atoms with Gasteiger partial charge in [0.15, 0.2) is 5.41 Å². The molecule has 1 fully saturated rings. The molecule has 0 bridgehead atoms. The smallest absolute Gasteiger partial charge is 0.190 e. The van der Waals surface area contributed by atoms with Crippen LogP contribution in [0.1, 0.15) is 32.6 Å². The van der Waals surface area contributed by atoms with E-state index in [1.807, 2.05) is 13.0 Å². The second-order valence-corrected chi connectivity index (χ2v) is 6.26. The lowest BCUT2D eigenvalue weighted by Gasteiger charge is -2.58. The van der Waals surface area contributed by atoms with Gasteiger partial charge in [-0.05, 0) is 35.2 Å². The number of ether oxygens (including phenoxy) is 1. The minimum absolute atomic E-state index is 0.138. The van der Waals surface area contributed by atoms with Gasteiger partial charge in [-0.15, -0.1) is 0 Å². The second kappa shape index (κ2) is 4.77. The normalized spacial score (nSPS) is 35.0. The van der Waals surface area contributed by atoms with Crippen molar-refractivity contribution in [3.63, 3.8) is 0 Å². The minimum Gasteiger partial charge on any atom is -0.358 e. The third-order valence-corrected chi connectivity index (χ3v) is 5.47. The maximum atomic E-state index is 9.71. The summed E-state index contributed by atoms with van der Waals surface area (Å²) in [5.74, 6) is 0. The molecule has 2 atom stereocenters. The summed E-state index contributed by atoms with van der Waals surface area (Å²) in [6, 6.07) is 6.23. The Kier molecular flexibility index (Phi) is 3.54. The number of nitrogens with zero attached hydrogens (tertiary/aromatic N) is 3. The van der Waals surface area contributed by atoms with Gasteiger partial charge in [0.1, 0.15) is 11.8 Å². The SMILES string of the molecule is COC12CCCCC1(C)C(C#N)(C#N)C(C#N)=C(Br)N2. The molecule has 2 unspecified atom stereocenters. The van der Waals surface area contributed by atoms with E-state index in [0.717, 1.165) is 12.8 Å². The van der Waals surface area contributed by atoms with Crippen LogP contribution < -0.4 is 5.32 Å². The van der Waals surface area contributed by atoms with Gasteiger partial charge < -0.3 is 10.1 Å². The Bertz CT molecular complexity index is 580. The van der Waals surface area contributed by atoms with Gasteiger partial charge in [-0.1, -0.05) is 13.3 Å². The molecular formula is C14H15BrN4O. The number of hydrogen-bond acceptors (Lipinski definition) is 5. The summed E-state index contributed by atoms with van der Waals surface area (Å²) in [6.07, 6.45) is 3.20. The van der Waals surface area contributed by atoms with Gasteiger partial charge in [-0.2, -0.15) is 15.8 Å². The molecule has 2 aliphatic rings. The predicted octanol–water partition coefficient (Wildman–Crippen LogP) is 2.68. The van der Waals surface area contributed by atoms with Crippen molar-refractivity contribution in [2.75, 3.05) is 7.11 Å². The van der Waals surface area contributed by atoms with Crippen LogP contribution in [0.5, 0.6) is 0 Å². The summed E-state index contributed by atoms with van der Waals surface area (Å²) >= 11 is 3.30. The van der Waals surface area contributed by atoms with Crippen LogP contribution in [0.25, 0.3) is 0 Å². The van der Waals surface area contributed by atoms with Gasteiger partial charge in [0, 0.05) is 7.11 Å². The summed E-state index contributed by atoms with van der Waals surface area (Å²) in [7, 11) is 1.58. The number of allylic oxidation sites excluding steroid dienone is 1. The van der Waals surface area contributed by atoms with Gasteiger partial charge >= 0.3 is 0 Å². The largest absolute Gasteiger partial charge is 0.358 e. The van der Waals surface area contributed by atoms with Crippen molar-refractivity contribution in [2.24, 2.45) is 10.8 Å². The average molecular weight is 335 g/mol. The Morgan fingerprint density at radius 1 is 1.20 bits per heavy atom. The van der Waals surface area contributed by atoms with E-state index >= 15 is 0 Å². The lowest BCUT2D eigenvalue weighted by Crippen LogP contribution is -2.68. The zero-order valence-corrected chi connectivity index (χ0v) is 13.0. The van der Waals surface area contributed by atoms with Gasteiger partial charge in [0.25, 0.3) is 0 Å². The molecule has 5 nitrogen and oxygen atoms in total. The highest BCUT2D eigenvalue weighted by Gasteiger charge is 2.67. The topological polar surface area (TPSA) is 92.6 Å². The first-order chi connectivity index (χ1) is 9.47. The highest BCUT2D eigenvalue weighted by molar-refractivity contribution is 9.11. The van der Waals surface area contributed by atoms with Crippen LogP contribution in [0.15, 0.2) is 10.2 Å². The minimum atomic E-state index is -1.51. The summed E-state index contributed by atoms with van der Waals surface area (Å²) < 4.78 is 6.10. The molecule has 2 rings (SSSR count). The van der Waals surface area contributed by atoms with E-state index in [1.165, 1.54) is 0 Å². The second-order valence-electron chi connectivity index (χ2n) is 5.47. The van der Waals surface area contributed by atoms with E-state index < -0.39 is 16.6 Å². The Balaban J connectivity index is 2.81. The lowest BCUT2D eigenvalue weighted by molar-refractivity contribution is -0.177. The fourth-order valence-electron chi connectivity index (χ4n) is 3.60. The summed E-state index contributed by atoms with van der Waals surface area (Å²) in [4.78, 5) is 0. The Morgan fingerprint density at radius 2 is 1.80 bits per heavy atom. The van der Waals surface area contributed by atoms with Crippen molar-refractivity contribution in [1.82, 2.24) is 5.32 Å². The van der Waals surface area contributed by atoms with E-state index in [1.54, 1.807) is 7.11 Å². The molecule has 0 amide bonds. The standard InChI is InChI=1S/C14H15BrN4O/c1-12-5-3-4-6-14(12,20-2)19-11(15)10(7-16)13(12,8-17)9-18/h19H,3-6H2,1-2H3. The van der Waals surface area contributed by atoms with Crippen molar-refractivity contribution in [3.05, 3.63) is 10.2 Å². The number of hydrogen-bond donors (Lipinski definition) is 1. The molecule has 6 heteroatoms. The van der Waals surface area contributed by atoms with Crippen LogP contribution in [0.3, 0.4) is 0 Å². The number of halogens is 1. The lowest BCUT2D eigenvalue weighted by atomic mass is 9.51. The average Bonchev–Trinajstić information content (AvgIpc) is 2.46. The third kappa shape index (κ3) is 1.48. The third-order valence-electron chi connectivity index (χ3n) is 4.88. The van der Waals surface area contributed by atoms with Gasteiger partial charge in [0.2, 0.25) is 0 Å². The molecule has 0 radical (unpaired) electrons. The first-order valence-electron chi connectivity index (χ1n) is 6.43. The number of nitriles is 3. The summed E-state index contributed by atoms with van der Waals surface area (Å²) in [6.45, 7) is 1.87. The van der Waals surface area contributed by atoms with Crippen LogP contribution >= 0.6 is 15.9 Å². The molecule has 0 aromatic rings. The number of methoxy groups -OCH3 is 1. The highest BCUT2D eigenvalue weighted by Crippen LogP contribution is 2.61. The molecular weight excluding hydrogens is 320 g/mol. The van der Waals surface area contributed by atoms with Crippen molar-refractivity contribution >= 4 is 15.9 Å². The molecule has 1 heterocycles. The van der Waals surface area contributed by atoms with Crippen LogP contribution in [0.4, 0.5) is 0 Å². The Hall–Kier alpha value is -1.55. The van der Waals surface area contributed by atoms with Gasteiger partial charge in [-0.25, -0.2) is 0 Å². The van der Waals surface area contributed by atoms with E-state index in [-0.39, 0.29) is 5.57 Å². The van der Waals surface area contributed by atoms with Gasteiger partial charge in [0.05, 0.1) is 27.7 Å². The first-order valence-corrected chi connectivity index (χ1v) is 7.22. The maximum absolute atomic E-state index is 9.71. The van der Waals surface area contributed by atoms with Crippen molar-refractivity contribution in [3.8, 4) is 18.2 Å². The van der Waals surface area contributed by atoms with E-state index in [9.17, 15) is 15.8 Å². The molecule has 1 N–H and O–H groups in total. The molecule has 0 saturated heterocycles. The monoisotopic (exact) mass is 334 g/mol. The predicted molar refractivity (Wildman–Crippen MR) is 74.7 cm³/mol.